The third kappa shape index (κ3) is 3.13. The van der Waals surface area contributed by atoms with Crippen LogP contribution in [0.4, 0.5) is 0 Å². The molecule has 1 aromatic heterocycles. The minimum Gasteiger partial charge on any atom is -0.336 e. The van der Waals surface area contributed by atoms with Gasteiger partial charge < -0.3 is 10.2 Å². The molecule has 1 saturated heterocycles. The summed E-state index contributed by atoms with van der Waals surface area (Å²) in [4.78, 5) is 19.7. The van der Waals surface area contributed by atoms with E-state index in [1.54, 1.807) is 0 Å². The Bertz CT molecular complexity index is 846. The molecule has 0 radical (unpaired) electrons. The zero-order chi connectivity index (χ0) is 17.6. The molecule has 0 spiro atoms. The van der Waals surface area contributed by atoms with Crippen LogP contribution in [0.1, 0.15) is 48.3 Å². The fourth-order valence-corrected chi connectivity index (χ4v) is 4.36. The minimum atomic E-state index is -0.0502. The zero-order valence-electron chi connectivity index (χ0n) is 14.9. The maximum atomic E-state index is 12.9. The van der Waals surface area contributed by atoms with Gasteiger partial charge in [-0.05, 0) is 57.2 Å². The number of rotatable bonds is 1. The highest BCUT2D eigenvalue weighted by Crippen LogP contribution is 2.33. The number of hydrogen-bond acceptors (Lipinski definition) is 3. The van der Waals surface area contributed by atoms with Gasteiger partial charge in [-0.3, -0.25) is 9.78 Å². The fraction of sp³-hybridized carbons (Fsp3) is 0.500. The number of nitrogens with zero attached hydrogens (tertiary/aromatic N) is 2. The van der Waals surface area contributed by atoms with Crippen molar-refractivity contribution >= 4 is 28.4 Å². The maximum Gasteiger partial charge on any atom is 0.254 e. The van der Waals surface area contributed by atoms with Gasteiger partial charge in [0.25, 0.3) is 5.91 Å². The number of pyridine rings is 1. The number of nitrogens with one attached hydrogen (secondary N) is 1. The van der Waals surface area contributed by atoms with Crippen LogP contribution < -0.4 is 5.32 Å². The second kappa shape index (κ2) is 6.26. The van der Waals surface area contributed by atoms with Gasteiger partial charge in [-0.15, -0.1) is 0 Å². The highest BCUT2D eigenvalue weighted by molar-refractivity contribution is 6.36. The topological polar surface area (TPSA) is 45.2 Å². The summed E-state index contributed by atoms with van der Waals surface area (Å²) >= 11 is 6.63. The zero-order valence-corrected chi connectivity index (χ0v) is 15.6. The highest BCUT2D eigenvalue weighted by Gasteiger charge is 2.29. The normalized spacial score (nSPS) is 19.7. The van der Waals surface area contributed by atoms with Crippen LogP contribution in [0.15, 0.2) is 18.2 Å². The molecule has 2 aromatic rings. The molecule has 1 aliphatic heterocycles. The molecule has 0 bridgehead atoms. The lowest BCUT2D eigenvalue weighted by molar-refractivity contribution is 0.0652. The number of amides is 1. The predicted octanol–water partition coefficient (Wildman–Crippen LogP) is 3.59. The van der Waals surface area contributed by atoms with Gasteiger partial charge in [0.05, 0.1) is 10.5 Å². The van der Waals surface area contributed by atoms with Crippen molar-refractivity contribution in [2.75, 3.05) is 19.6 Å². The first kappa shape index (κ1) is 16.8. The summed E-state index contributed by atoms with van der Waals surface area (Å²) in [6.45, 7) is 6.52. The lowest BCUT2D eigenvalue weighted by Crippen LogP contribution is -2.58. The van der Waals surface area contributed by atoms with E-state index in [2.05, 4.69) is 19.2 Å². The summed E-state index contributed by atoms with van der Waals surface area (Å²) in [5.74, 6) is 0.0760. The Balaban J connectivity index is 1.70. The van der Waals surface area contributed by atoms with Crippen LogP contribution in [-0.4, -0.2) is 41.0 Å². The van der Waals surface area contributed by atoms with Crippen molar-refractivity contribution in [1.82, 2.24) is 15.2 Å². The Morgan fingerprint density at radius 3 is 2.88 bits per heavy atom. The van der Waals surface area contributed by atoms with E-state index in [0.717, 1.165) is 54.0 Å². The van der Waals surface area contributed by atoms with Crippen LogP contribution in [0.2, 0.25) is 5.02 Å². The van der Waals surface area contributed by atoms with Crippen LogP contribution in [0, 0.1) is 0 Å². The molecule has 0 atom stereocenters. The number of carbonyl (C=O) groups is 1. The number of piperazine rings is 1. The summed E-state index contributed by atoms with van der Waals surface area (Å²) < 4.78 is 0. The summed E-state index contributed by atoms with van der Waals surface area (Å²) in [6, 6.07) is 5.76. The number of hydrogen-bond donors (Lipinski definition) is 1. The van der Waals surface area contributed by atoms with Gasteiger partial charge in [0.15, 0.2) is 0 Å². The van der Waals surface area contributed by atoms with Gasteiger partial charge in [0.1, 0.15) is 0 Å². The lowest BCUT2D eigenvalue weighted by atomic mass is 9.94. The Morgan fingerprint density at radius 2 is 2.08 bits per heavy atom. The predicted molar refractivity (Wildman–Crippen MR) is 101 cm³/mol. The van der Waals surface area contributed by atoms with E-state index in [1.807, 2.05) is 23.1 Å². The first-order valence-corrected chi connectivity index (χ1v) is 9.48. The molecule has 1 amide bonds. The molecule has 4 rings (SSSR count). The standard InChI is InChI=1S/C20H24ClN3O/c1-20(2)12-24(10-9-22-20)19(25)13-7-8-15-17(11-13)23-16-6-4-3-5-14(16)18(15)21/h7-8,11,22H,3-6,9-10,12H2,1-2H3. The lowest BCUT2D eigenvalue weighted by Gasteiger charge is -2.39. The van der Waals surface area contributed by atoms with Crippen molar-refractivity contribution < 1.29 is 4.79 Å². The van der Waals surface area contributed by atoms with E-state index in [-0.39, 0.29) is 11.4 Å². The molecule has 1 fully saturated rings. The van der Waals surface area contributed by atoms with Crippen molar-refractivity contribution in [1.29, 1.82) is 0 Å². The second-order valence-electron chi connectivity index (χ2n) is 7.83. The number of halogens is 1. The van der Waals surface area contributed by atoms with Crippen LogP contribution in [0.5, 0.6) is 0 Å². The van der Waals surface area contributed by atoms with Gasteiger partial charge in [0.2, 0.25) is 0 Å². The molecule has 1 aliphatic carbocycles. The number of benzene rings is 1. The summed E-state index contributed by atoms with van der Waals surface area (Å²) in [7, 11) is 0. The first-order chi connectivity index (χ1) is 11.9. The van der Waals surface area contributed by atoms with Crippen LogP contribution in [0.3, 0.4) is 0 Å². The molecule has 2 aliphatic rings. The molecule has 0 saturated carbocycles. The summed E-state index contributed by atoms with van der Waals surface area (Å²) in [6.07, 6.45) is 4.33. The van der Waals surface area contributed by atoms with Gasteiger partial charge in [-0.25, -0.2) is 0 Å². The summed E-state index contributed by atoms with van der Waals surface area (Å²) in [5.41, 5.74) is 3.79. The number of carbonyl (C=O) groups excluding carboxylic acids is 1. The Hall–Kier alpha value is -1.65. The molecule has 5 heteroatoms. The fourth-order valence-electron chi connectivity index (χ4n) is 4.00. The molecule has 2 heterocycles. The Labute approximate surface area is 153 Å². The van der Waals surface area contributed by atoms with Gasteiger partial charge in [-0.1, -0.05) is 17.7 Å². The van der Waals surface area contributed by atoms with Gasteiger partial charge in [-0.2, -0.15) is 0 Å². The molecule has 25 heavy (non-hydrogen) atoms. The first-order valence-electron chi connectivity index (χ1n) is 9.10. The van der Waals surface area contributed by atoms with Gasteiger partial charge in [0, 0.05) is 41.8 Å². The third-order valence-corrected chi connectivity index (χ3v) is 5.73. The number of aryl methyl sites for hydroxylation is 1. The number of aromatic nitrogens is 1. The van der Waals surface area contributed by atoms with E-state index in [9.17, 15) is 4.79 Å². The molecule has 0 unspecified atom stereocenters. The smallest absolute Gasteiger partial charge is 0.254 e. The van der Waals surface area contributed by atoms with Crippen molar-refractivity contribution in [2.45, 2.75) is 45.1 Å². The molecule has 1 N–H and O–H groups in total. The average Bonchev–Trinajstić information content (AvgIpc) is 2.60. The van der Waals surface area contributed by atoms with E-state index < -0.39 is 0 Å². The SMILES string of the molecule is CC1(C)CN(C(=O)c2ccc3c(Cl)c4c(nc3c2)CCCC4)CCN1. The maximum absolute atomic E-state index is 12.9. The van der Waals surface area contributed by atoms with E-state index >= 15 is 0 Å². The van der Waals surface area contributed by atoms with Crippen molar-refractivity contribution in [3.63, 3.8) is 0 Å². The highest BCUT2D eigenvalue weighted by atomic mass is 35.5. The quantitative estimate of drug-likeness (QED) is 0.848. The summed E-state index contributed by atoms with van der Waals surface area (Å²) in [5, 5.41) is 5.22. The Kier molecular flexibility index (Phi) is 4.20. The van der Waals surface area contributed by atoms with Crippen molar-refractivity contribution in [3.05, 3.63) is 40.0 Å². The monoisotopic (exact) mass is 357 g/mol. The van der Waals surface area contributed by atoms with Crippen LogP contribution >= 0.6 is 11.6 Å². The number of fused-ring (bicyclic) bond motifs is 2. The molecule has 132 valence electrons. The van der Waals surface area contributed by atoms with Crippen molar-refractivity contribution in [2.24, 2.45) is 0 Å². The second-order valence-corrected chi connectivity index (χ2v) is 8.21. The van der Waals surface area contributed by atoms with E-state index in [0.29, 0.717) is 12.1 Å². The molecular formula is C20H24ClN3O. The minimum absolute atomic E-state index is 0.0502. The Morgan fingerprint density at radius 1 is 1.28 bits per heavy atom. The van der Waals surface area contributed by atoms with Gasteiger partial charge >= 0.3 is 0 Å². The van der Waals surface area contributed by atoms with Crippen LogP contribution in [-0.2, 0) is 12.8 Å². The molecular weight excluding hydrogens is 334 g/mol. The average molecular weight is 358 g/mol. The van der Waals surface area contributed by atoms with E-state index in [4.69, 9.17) is 16.6 Å². The van der Waals surface area contributed by atoms with Crippen LogP contribution in [0.25, 0.3) is 10.9 Å². The van der Waals surface area contributed by atoms with E-state index in [1.165, 1.54) is 12.0 Å². The largest absolute Gasteiger partial charge is 0.336 e. The molecule has 4 nitrogen and oxygen atoms in total. The third-order valence-electron chi connectivity index (χ3n) is 5.30. The molecule has 1 aromatic carbocycles. The van der Waals surface area contributed by atoms with Crippen molar-refractivity contribution in [3.8, 4) is 0 Å².